The van der Waals surface area contributed by atoms with Gasteiger partial charge in [0.1, 0.15) is 0 Å². The van der Waals surface area contributed by atoms with Crippen LogP contribution < -0.4 is 14.8 Å². The highest BCUT2D eigenvalue weighted by atomic mass is 32.2. The molecule has 0 fully saturated rings. The van der Waals surface area contributed by atoms with E-state index in [1.54, 1.807) is 26.4 Å². The Balaban J connectivity index is 2.45. The van der Waals surface area contributed by atoms with E-state index in [4.69, 9.17) is 9.47 Å². The van der Waals surface area contributed by atoms with Crippen molar-refractivity contribution < 1.29 is 14.3 Å². The summed E-state index contributed by atoms with van der Waals surface area (Å²) >= 11 is 1.40. The first-order valence-electron chi connectivity index (χ1n) is 7.04. The lowest BCUT2D eigenvalue weighted by molar-refractivity contribution is -0.120. The third-order valence-corrected chi connectivity index (χ3v) is 4.52. The van der Waals surface area contributed by atoms with Crippen LogP contribution in [0.5, 0.6) is 11.5 Å². The third kappa shape index (κ3) is 3.69. The molecule has 1 heterocycles. The van der Waals surface area contributed by atoms with Gasteiger partial charge in [-0.15, -0.1) is 18.3 Å². The van der Waals surface area contributed by atoms with Crippen molar-refractivity contribution in [1.82, 2.24) is 5.32 Å². The fourth-order valence-electron chi connectivity index (χ4n) is 2.43. The van der Waals surface area contributed by atoms with Crippen LogP contribution in [0.15, 0.2) is 41.5 Å². The van der Waals surface area contributed by atoms with Gasteiger partial charge in [0.15, 0.2) is 11.5 Å². The van der Waals surface area contributed by atoms with Gasteiger partial charge in [-0.25, -0.2) is 0 Å². The molecule has 0 aromatic heterocycles. The van der Waals surface area contributed by atoms with E-state index in [0.29, 0.717) is 27.9 Å². The molecule has 23 heavy (non-hydrogen) atoms. The van der Waals surface area contributed by atoms with Crippen molar-refractivity contribution in [2.45, 2.75) is 12.3 Å². The molecule has 0 spiro atoms. The molecular formula is C17H18N2O3S. The van der Waals surface area contributed by atoms with Crippen LogP contribution in [-0.4, -0.2) is 25.9 Å². The summed E-state index contributed by atoms with van der Waals surface area (Å²) in [7, 11) is 3.12. The molecule has 0 aliphatic carbocycles. The predicted octanol–water partition coefficient (Wildman–Crippen LogP) is 2.96. The second kappa shape index (κ2) is 7.75. The van der Waals surface area contributed by atoms with Gasteiger partial charge in [-0.1, -0.05) is 12.1 Å². The fraction of sp³-hybridized carbons (Fsp3) is 0.294. The number of hydrogen-bond donors (Lipinski definition) is 1. The molecule has 0 bridgehead atoms. The summed E-state index contributed by atoms with van der Waals surface area (Å²) < 4.78 is 10.5. The largest absolute Gasteiger partial charge is 0.493 e. The van der Waals surface area contributed by atoms with Gasteiger partial charge in [0.2, 0.25) is 5.91 Å². The molecule has 0 saturated carbocycles. The number of methoxy groups -OCH3 is 2. The third-order valence-electron chi connectivity index (χ3n) is 3.51. The highest BCUT2D eigenvalue weighted by Gasteiger charge is 2.30. The van der Waals surface area contributed by atoms with Crippen LogP contribution in [0.2, 0.25) is 0 Å². The molecule has 120 valence electrons. The van der Waals surface area contributed by atoms with E-state index >= 15 is 0 Å². The highest BCUT2D eigenvalue weighted by Crippen LogP contribution is 2.39. The molecule has 5 nitrogen and oxygen atoms in total. The number of rotatable bonds is 6. The lowest BCUT2D eigenvalue weighted by Gasteiger charge is -2.25. The maximum Gasteiger partial charge on any atom is 0.225 e. The van der Waals surface area contributed by atoms with Crippen LogP contribution in [0.25, 0.3) is 0 Å². The molecule has 1 atom stereocenters. The Hall–Kier alpha value is -2.39. The zero-order valence-corrected chi connectivity index (χ0v) is 13.9. The number of nitriles is 1. The number of amides is 1. The molecule has 1 aromatic rings. The number of benzene rings is 1. The molecule has 1 N–H and O–H groups in total. The molecule has 1 amide bonds. The first-order chi connectivity index (χ1) is 11.1. The smallest absolute Gasteiger partial charge is 0.225 e. The number of ether oxygens (including phenoxy) is 2. The van der Waals surface area contributed by atoms with Crippen LogP contribution in [-0.2, 0) is 4.79 Å². The van der Waals surface area contributed by atoms with E-state index in [9.17, 15) is 10.1 Å². The summed E-state index contributed by atoms with van der Waals surface area (Å²) in [5.41, 5.74) is 1.41. The normalized spacial score (nSPS) is 17.3. The Labute approximate surface area is 140 Å². The van der Waals surface area contributed by atoms with Crippen molar-refractivity contribution in [3.63, 3.8) is 0 Å². The van der Waals surface area contributed by atoms with E-state index in [2.05, 4.69) is 18.0 Å². The average molecular weight is 330 g/mol. The number of thioether (sulfide) groups is 1. The second-order valence-electron chi connectivity index (χ2n) is 4.87. The Morgan fingerprint density at radius 2 is 2.17 bits per heavy atom. The van der Waals surface area contributed by atoms with Crippen molar-refractivity contribution in [3.05, 3.63) is 47.0 Å². The van der Waals surface area contributed by atoms with Gasteiger partial charge in [-0.3, -0.25) is 4.79 Å². The lowest BCUT2D eigenvalue weighted by atomic mass is 9.87. The first-order valence-corrected chi connectivity index (χ1v) is 8.02. The maximum atomic E-state index is 12.0. The quantitative estimate of drug-likeness (QED) is 0.812. The zero-order chi connectivity index (χ0) is 16.8. The standard InChI is InChI=1S/C17H18N2O3S/c1-4-7-23-17-13(10-18)12(9-16(20)19-17)11-5-6-14(21-2)15(8-11)22-3/h4-6,8,12H,1,7,9H2,2-3H3,(H,19,20). The monoisotopic (exact) mass is 330 g/mol. The average Bonchev–Trinajstić information content (AvgIpc) is 2.58. The van der Waals surface area contributed by atoms with Gasteiger partial charge < -0.3 is 14.8 Å². The van der Waals surface area contributed by atoms with Gasteiger partial charge in [-0.2, -0.15) is 5.26 Å². The molecule has 1 unspecified atom stereocenters. The van der Waals surface area contributed by atoms with Gasteiger partial charge in [-0.05, 0) is 17.7 Å². The summed E-state index contributed by atoms with van der Waals surface area (Å²) in [5, 5.41) is 12.9. The Kier molecular flexibility index (Phi) is 5.72. The molecule has 0 radical (unpaired) electrons. The number of carbonyl (C=O) groups excluding carboxylic acids is 1. The summed E-state index contributed by atoms with van der Waals surface area (Å²) in [5.74, 6) is 1.42. The van der Waals surface area contributed by atoms with E-state index in [1.807, 2.05) is 12.1 Å². The van der Waals surface area contributed by atoms with E-state index < -0.39 is 0 Å². The van der Waals surface area contributed by atoms with Gasteiger partial charge in [0.05, 0.1) is 30.9 Å². The Morgan fingerprint density at radius 3 is 2.78 bits per heavy atom. The predicted molar refractivity (Wildman–Crippen MR) is 90.3 cm³/mol. The summed E-state index contributed by atoms with van der Waals surface area (Å²) in [6, 6.07) is 7.69. The molecular weight excluding hydrogens is 312 g/mol. The SMILES string of the molecule is C=CCSC1=C(C#N)C(c2ccc(OC)c(OC)c2)CC(=O)N1. The second-order valence-corrected chi connectivity index (χ2v) is 5.90. The summed E-state index contributed by atoms with van der Waals surface area (Å²) in [6.45, 7) is 3.66. The Morgan fingerprint density at radius 1 is 1.43 bits per heavy atom. The van der Waals surface area contributed by atoms with Crippen LogP contribution in [0.4, 0.5) is 0 Å². The lowest BCUT2D eigenvalue weighted by Crippen LogP contribution is -2.30. The number of allylic oxidation sites excluding steroid dienone is 1. The van der Waals surface area contributed by atoms with Gasteiger partial charge in [0, 0.05) is 18.1 Å². The molecule has 1 aliphatic rings. The summed E-state index contributed by atoms with van der Waals surface area (Å²) in [4.78, 5) is 12.0. The molecule has 1 aliphatic heterocycles. The van der Waals surface area contributed by atoms with Crippen LogP contribution in [0.1, 0.15) is 17.9 Å². The van der Waals surface area contributed by atoms with Crippen molar-refractivity contribution in [3.8, 4) is 17.6 Å². The molecule has 1 aromatic carbocycles. The van der Waals surface area contributed by atoms with Crippen molar-refractivity contribution >= 4 is 17.7 Å². The molecule has 2 rings (SSSR count). The van der Waals surface area contributed by atoms with Crippen LogP contribution in [0, 0.1) is 11.3 Å². The number of nitrogens with one attached hydrogen (secondary N) is 1. The van der Waals surface area contributed by atoms with Crippen molar-refractivity contribution in [2.24, 2.45) is 0 Å². The number of nitrogens with zero attached hydrogens (tertiary/aromatic N) is 1. The zero-order valence-electron chi connectivity index (χ0n) is 13.1. The van der Waals surface area contributed by atoms with Crippen LogP contribution >= 0.6 is 11.8 Å². The molecule has 0 saturated heterocycles. The van der Waals surface area contributed by atoms with Crippen LogP contribution in [0.3, 0.4) is 0 Å². The topological polar surface area (TPSA) is 71.3 Å². The number of carbonyl (C=O) groups is 1. The van der Waals surface area contributed by atoms with Crippen molar-refractivity contribution in [2.75, 3.05) is 20.0 Å². The minimum atomic E-state index is -0.291. The highest BCUT2D eigenvalue weighted by molar-refractivity contribution is 8.03. The van der Waals surface area contributed by atoms with E-state index in [-0.39, 0.29) is 18.2 Å². The minimum absolute atomic E-state index is 0.102. The first kappa shape index (κ1) is 17.0. The van der Waals surface area contributed by atoms with Gasteiger partial charge >= 0.3 is 0 Å². The van der Waals surface area contributed by atoms with Gasteiger partial charge in [0.25, 0.3) is 0 Å². The van der Waals surface area contributed by atoms with E-state index in [1.165, 1.54) is 11.8 Å². The number of hydrogen-bond acceptors (Lipinski definition) is 5. The molecule has 6 heteroatoms. The maximum absolute atomic E-state index is 12.0. The van der Waals surface area contributed by atoms with Crippen molar-refractivity contribution in [1.29, 1.82) is 5.26 Å². The fourth-order valence-corrected chi connectivity index (χ4v) is 3.24. The summed E-state index contributed by atoms with van der Waals surface area (Å²) in [6.07, 6.45) is 1.97. The Bertz CT molecular complexity index is 692. The minimum Gasteiger partial charge on any atom is -0.493 e. The van der Waals surface area contributed by atoms with E-state index in [0.717, 1.165) is 5.56 Å².